The van der Waals surface area contributed by atoms with Gasteiger partial charge in [0.25, 0.3) is 0 Å². The Bertz CT molecular complexity index is 237. The molecule has 3 nitrogen and oxygen atoms in total. The number of aliphatic hydroxyl groups excluding tert-OH is 1. The lowest BCUT2D eigenvalue weighted by Crippen LogP contribution is -2.34. The molecule has 0 saturated heterocycles. The van der Waals surface area contributed by atoms with Gasteiger partial charge in [0.1, 0.15) is 11.9 Å². The fraction of sp³-hybridized carbons (Fsp3) is 0.600. The van der Waals surface area contributed by atoms with Gasteiger partial charge >= 0.3 is 0 Å². The first kappa shape index (κ1) is 10.3. The van der Waals surface area contributed by atoms with E-state index in [9.17, 15) is 5.11 Å². The molecule has 0 amide bonds. The molecule has 3 heteroatoms. The SMILES string of the molecule is CCC(C)(OC)C(O)c1ccco1. The number of furan rings is 1. The summed E-state index contributed by atoms with van der Waals surface area (Å²) in [5.74, 6) is 0.547. The maximum absolute atomic E-state index is 9.91. The summed E-state index contributed by atoms with van der Waals surface area (Å²) in [5.41, 5.74) is -0.572. The van der Waals surface area contributed by atoms with Crippen molar-refractivity contribution in [2.24, 2.45) is 0 Å². The summed E-state index contributed by atoms with van der Waals surface area (Å²) in [5, 5.41) is 9.91. The second-order valence-corrected chi connectivity index (χ2v) is 3.29. The number of rotatable bonds is 4. The molecular formula is C10H16O3. The Morgan fingerprint density at radius 3 is 2.77 bits per heavy atom. The fourth-order valence-corrected chi connectivity index (χ4v) is 1.20. The van der Waals surface area contributed by atoms with Crippen molar-refractivity contribution in [3.63, 3.8) is 0 Å². The van der Waals surface area contributed by atoms with E-state index >= 15 is 0 Å². The summed E-state index contributed by atoms with van der Waals surface area (Å²) in [7, 11) is 1.59. The van der Waals surface area contributed by atoms with Gasteiger partial charge in [-0.15, -0.1) is 0 Å². The molecule has 1 heterocycles. The maximum atomic E-state index is 9.91. The Morgan fingerprint density at radius 1 is 1.69 bits per heavy atom. The summed E-state index contributed by atoms with van der Waals surface area (Å²) in [6.45, 7) is 3.83. The summed E-state index contributed by atoms with van der Waals surface area (Å²) in [6.07, 6.45) is 1.56. The van der Waals surface area contributed by atoms with Gasteiger partial charge in [0.05, 0.1) is 11.9 Å². The van der Waals surface area contributed by atoms with Crippen molar-refractivity contribution in [1.82, 2.24) is 0 Å². The zero-order chi connectivity index (χ0) is 9.90. The summed E-state index contributed by atoms with van der Waals surface area (Å²) in [4.78, 5) is 0. The van der Waals surface area contributed by atoms with Crippen LogP contribution in [0.5, 0.6) is 0 Å². The van der Waals surface area contributed by atoms with Gasteiger partial charge < -0.3 is 14.3 Å². The Kier molecular flexibility index (Phi) is 3.12. The molecule has 13 heavy (non-hydrogen) atoms. The quantitative estimate of drug-likeness (QED) is 0.779. The Morgan fingerprint density at radius 2 is 2.38 bits per heavy atom. The minimum Gasteiger partial charge on any atom is -0.466 e. The molecule has 0 radical (unpaired) electrons. The predicted octanol–water partition coefficient (Wildman–Crippen LogP) is 2.13. The molecule has 0 aliphatic heterocycles. The molecule has 74 valence electrons. The van der Waals surface area contributed by atoms with Crippen LogP contribution in [0.25, 0.3) is 0 Å². The second-order valence-electron chi connectivity index (χ2n) is 3.29. The minimum atomic E-state index is -0.711. The van der Waals surface area contributed by atoms with Crippen molar-refractivity contribution in [1.29, 1.82) is 0 Å². The van der Waals surface area contributed by atoms with Crippen LogP contribution < -0.4 is 0 Å². The normalized spacial score (nSPS) is 18.2. The zero-order valence-corrected chi connectivity index (χ0v) is 8.28. The highest BCUT2D eigenvalue weighted by atomic mass is 16.5. The van der Waals surface area contributed by atoms with Crippen molar-refractivity contribution in [3.05, 3.63) is 24.2 Å². The van der Waals surface area contributed by atoms with Crippen LogP contribution in [0.2, 0.25) is 0 Å². The Hall–Kier alpha value is -0.800. The molecule has 0 fully saturated rings. The molecular weight excluding hydrogens is 168 g/mol. The fourth-order valence-electron chi connectivity index (χ4n) is 1.20. The molecule has 1 rings (SSSR count). The molecule has 0 aliphatic carbocycles. The van der Waals surface area contributed by atoms with Gasteiger partial charge in [-0.2, -0.15) is 0 Å². The first-order chi connectivity index (χ1) is 6.14. The molecule has 0 aromatic carbocycles. The van der Waals surface area contributed by atoms with Crippen LogP contribution in [0.15, 0.2) is 22.8 Å². The van der Waals surface area contributed by atoms with Gasteiger partial charge in [0, 0.05) is 7.11 Å². The van der Waals surface area contributed by atoms with E-state index in [0.717, 1.165) is 6.42 Å². The minimum absolute atomic E-state index is 0.547. The highest BCUT2D eigenvalue weighted by molar-refractivity contribution is 5.06. The van der Waals surface area contributed by atoms with Crippen LogP contribution in [0.1, 0.15) is 32.1 Å². The third kappa shape index (κ3) is 1.92. The van der Waals surface area contributed by atoms with E-state index in [1.54, 1.807) is 25.5 Å². The Balaban J connectivity index is 2.82. The topological polar surface area (TPSA) is 42.6 Å². The smallest absolute Gasteiger partial charge is 0.140 e. The molecule has 1 aromatic rings. The third-order valence-electron chi connectivity index (χ3n) is 2.56. The molecule has 0 saturated carbocycles. The molecule has 2 unspecified atom stereocenters. The van der Waals surface area contributed by atoms with Gasteiger partial charge in [-0.05, 0) is 25.5 Å². The van der Waals surface area contributed by atoms with Crippen LogP contribution in [-0.4, -0.2) is 17.8 Å². The van der Waals surface area contributed by atoms with Crippen LogP contribution >= 0.6 is 0 Å². The lowest BCUT2D eigenvalue weighted by atomic mass is 9.94. The predicted molar refractivity (Wildman–Crippen MR) is 49.4 cm³/mol. The number of ether oxygens (including phenoxy) is 1. The van der Waals surface area contributed by atoms with Crippen LogP contribution in [0.4, 0.5) is 0 Å². The van der Waals surface area contributed by atoms with Crippen LogP contribution in [-0.2, 0) is 4.74 Å². The highest BCUT2D eigenvalue weighted by Crippen LogP contribution is 2.31. The lowest BCUT2D eigenvalue weighted by molar-refractivity contribution is -0.102. The van der Waals surface area contributed by atoms with E-state index in [0.29, 0.717) is 5.76 Å². The summed E-state index contributed by atoms with van der Waals surface area (Å²) in [6, 6.07) is 3.50. The molecule has 1 aromatic heterocycles. The Labute approximate surface area is 78.3 Å². The highest BCUT2D eigenvalue weighted by Gasteiger charge is 2.33. The second kappa shape index (κ2) is 3.94. The van der Waals surface area contributed by atoms with E-state index in [4.69, 9.17) is 9.15 Å². The van der Waals surface area contributed by atoms with Gasteiger partial charge in [-0.3, -0.25) is 0 Å². The van der Waals surface area contributed by atoms with Crippen molar-refractivity contribution in [2.45, 2.75) is 32.0 Å². The van der Waals surface area contributed by atoms with E-state index in [1.807, 2.05) is 13.8 Å². The van der Waals surface area contributed by atoms with Gasteiger partial charge in [-0.25, -0.2) is 0 Å². The average molecular weight is 184 g/mol. The van der Waals surface area contributed by atoms with E-state index in [-0.39, 0.29) is 0 Å². The lowest BCUT2D eigenvalue weighted by Gasteiger charge is -2.30. The summed E-state index contributed by atoms with van der Waals surface area (Å²) < 4.78 is 10.4. The summed E-state index contributed by atoms with van der Waals surface area (Å²) >= 11 is 0. The van der Waals surface area contributed by atoms with E-state index in [1.165, 1.54) is 0 Å². The van der Waals surface area contributed by atoms with Gasteiger partial charge in [0.15, 0.2) is 0 Å². The van der Waals surface area contributed by atoms with Crippen LogP contribution in [0, 0.1) is 0 Å². The standard InChI is InChI=1S/C10H16O3/c1-4-10(2,12-3)9(11)8-6-5-7-13-8/h5-7,9,11H,4H2,1-3H3. The van der Waals surface area contributed by atoms with Gasteiger partial charge in [-0.1, -0.05) is 6.92 Å². The molecule has 1 N–H and O–H groups in total. The largest absolute Gasteiger partial charge is 0.466 e. The average Bonchev–Trinajstić information content (AvgIpc) is 2.68. The van der Waals surface area contributed by atoms with Crippen molar-refractivity contribution >= 4 is 0 Å². The number of hydrogen-bond acceptors (Lipinski definition) is 3. The van der Waals surface area contributed by atoms with Crippen molar-refractivity contribution in [2.75, 3.05) is 7.11 Å². The number of hydrogen-bond donors (Lipinski definition) is 1. The molecule has 0 bridgehead atoms. The van der Waals surface area contributed by atoms with Crippen molar-refractivity contribution < 1.29 is 14.3 Å². The van der Waals surface area contributed by atoms with Gasteiger partial charge in [0.2, 0.25) is 0 Å². The van der Waals surface area contributed by atoms with E-state index in [2.05, 4.69) is 0 Å². The number of methoxy groups -OCH3 is 1. The monoisotopic (exact) mass is 184 g/mol. The maximum Gasteiger partial charge on any atom is 0.140 e. The molecule has 2 atom stereocenters. The molecule has 0 spiro atoms. The first-order valence-electron chi connectivity index (χ1n) is 4.40. The third-order valence-corrected chi connectivity index (χ3v) is 2.56. The van der Waals surface area contributed by atoms with Crippen LogP contribution in [0.3, 0.4) is 0 Å². The zero-order valence-electron chi connectivity index (χ0n) is 8.28. The molecule has 0 aliphatic rings. The van der Waals surface area contributed by atoms with E-state index < -0.39 is 11.7 Å². The number of aliphatic hydroxyl groups is 1. The first-order valence-corrected chi connectivity index (χ1v) is 4.40. The van der Waals surface area contributed by atoms with Crippen molar-refractivity contribution in [3.8, 4) is 0 Å².